The fourth-order valence-corrected chi connectivity index (χ4v) is 2.69. The normalized spacial score (nSPS) is 27.2. The molecule has 2 rings (SSSR count). The summed E-state index contributed by atoms with van der Waals surface area (Å²) in [6.45, 7) is 4.63. The van der Waals surface area contributed by atoms with Crippen LogP contribution in [-0.4, -0.2) is 5.16 Å². The lowest BCUT2D eigenvalue weighted by Crippen LogP contribution is -2.17. The Morgan fingerprint density at radius 3 is 2.47 bits per heavy atom. The van der Waals surface area contributed by atoms with Crippen LogP contribution in [0, 0.1) is 11.8 Å². The van der Waals surface area contributed by atoms with Crippen molar-refractivity contribution in [3.8, 4) is 0 Å². The zero-order valence-electron chi connectivity index (χ0n) is 9.37. The SMILES string of the molecule is CC(C)C1CCC(c2cc(Cl)on2)CC1. The van der Waals surface area contributed by atoms with Gasteiger partial charge in [-0.3, -0.25) is 0 Å². The number of hydrogen-bond acceptors (Lipinski definition) is 2. The second-order valence-electron chi connectivity index (χ2n) is 4.91. The molecule has 0 radical (unpaired) electrons. The molecule has 0 N–H and O–H groups in total. The lowest BCUT2D eigenvalue weighted by Gasteiger charge is -2.29. The topological polar surface area (TPSA) is 26.0 Å². The van der Waals surface area contributed by atoms with Crippen molar-refractivity contribution >= 4 is 11.6 Å². The molecule has 1 aromatic rings. The second-order valence-corrected chi connectivity index (χ2v) is 5.28. The fraction of sp³-hybridized carbons (Fsp3) is 0.750. The first-order chi connectivity index (χ1) is 7.16. The van der Waals surface area contributed by atoms with E-state index in [1.165, 1.54) is 25.7 Å². The average molecular weight is 228 g/mol. The quantitative estimate of drug-likeness (QED) is 0.755. The molecule has 1 fully saturated rings. The highest BCUT2D eigenvalue weighted by Crippen LogP contribution is 2.38. The van der Waals surface area contributed by atoms with Gasteiger partial charge in [0.05, 0.1) is 5.69 Å². The van der Waals surface area contributed by atoms with Crippen LogP contribution in [0.15, 0.2) is 10.6 Å². The third-order valence-corrected chi connectivity index (χ3v) is 3.81. The minimum atomic E-state index is 0.413. The predicted octanol–water partition coefficient (Wildman–Crippen LogP) is 4.26. The van der Waals surface area contributed by atoms with Crippen LogP contribution in [0.2, 0.25) is 5.22 Å². The molecule has 0 saturated heterocycles. The summed E-state index contributed by atoms with van der Waals surface area (Å²) in [4.78, 5) is 0. The molecule has 1 aliphatic rings. The van der Waals surface area contributed by atoms with Gasteiger partial charge >= 0.3 is 0 Å². The van der Waals surface area contributed by atoms with Crippen molar-refractivity contribution in [3.63, 3.8) is 0 Å². The van der Waals surface area contributed by atoms with Crippen LogP contribution in [-0.2, 0) is 0 Å². The van der Waals surface area contributed by atoms with E-state index in [0.717, 1.165) is 17.5 Å². The summed E-state index contributed by atoms with van der Waals surface area (Å²) >= 11 is 5.73. The lowest BCUT2D eigenvalue weighted by molar-refractivity contribution is 0.253. The number of halogens is 1. The van der Waals surface area contributed by atoms with Crippen molar-refractivity contribution in [2.24, 2.45) is 11.8 Å². The third kappa shape index (κ3) is 2.54. The number of nitrogens with zero attached hydrogens (tertiary/aromatic N) is 1. The van der Waals surface area contributed by atoms with Crippen LogP contribution in [0.25, 0.3) is 0 Å². The van der Waals surface area contributed by atoms with Crippen LogP contribution >= 0.6 is 11.6 Å². The molecule has 3 heteroatoms. The van der Waals surface area contributed by atoms with Crippen molar-refractivity contribution < 1.29 is 4.52 Å². The fourth-order valence-electron chi connectivity index (χ4n) is 2.54. The molecule has 0 aromatic carbocycles. The molecular formula is C12H18ClNO. The molecule has 0 bridgehead atoms. The first-order valence-corrected chi connectivity index (χ1v) is 6.16. The Kier molecular flexibility index (Phi) is 3.35. The van der Waals surface area contributed by atoms with Gasteiger partial charge in [-0.05, 0) is 49.1 Å². The Labute approximate surface area is 96.0 Å². The minimum absolute atomic E-state index is 0.413. The second kappa shape index (κ2) is 4.56. The van der Waals surface area contributed by atoms with Crippen molar-refractivity contribution in [2.45, 2.75) is 45.4 Å². The standard InChI is InChI=1S/C12H18ClNO/c1-8(2)9-3-5-10(6-4-9)11-7-12(13)15-14-11/h7-10H,3-6H2,1-2H3. The Balaban J connectivity index is 1.93. The molecule has 0 atom stereocenters. The van der Waals surface area contributed by atoms with Gasteiger partial charge in [0.25, 0.3) is 0 Å². The van der Waals surface area contributed by atoms with Gasteiger partial charge in [0.1, 0.15) is 0 Å². The van der Waals surface area contributed by atoms with E-state index in [0.29, 0.717) is 11.1 Å². The highest BCUT2D eigenvalue weighted by Gasteiger charge is 2.25. The Bertz CT molecular complexity index is 313. The van der Waals surface area contributed by atoms with Crippen molar-refractivity contribution in [1.29, 1.82) is 0 Å². The van der Waals surface area contributed by atoms with Crippen LogP contribution in [0.5, 0.6) is 0 Å². The summed E-state index contributed by atoms with van der Waals surface area (Å²) in [6, 6.07) is 1.86. The summed E-state index contributed by atoms with van der Waals surface area (Å²) in [5.74, 6) is 2.27. The molecule has 0 unspecified atom stereocenters. The summed E-state index contributed by atoms with van der Waals surface area (Å²) in [5.41, 5.74) is 1.04. The molecule has 1 saturated carbocycles. The monoisotopic (exact) mass is 227 g/mol. The molecule has 0 amide bonds. The van der Waals surface area contributed by atoms with Gasteiger partial charge in [-0.1, -0.05) is 19.0 Å². The van der Waals surface area contributed by atoms with Crippen molar-refractivity contribution in [2.75, 3.05) is 0 Å². The minimum Gasteiger partial charge on any atom is -0.344 e. The van der Waals surface area contributed by atoms with Gasteiger partial charge < -0.3 is 4.52 Å². The molecule has 15 heavy (non-hydrogen) atoms. The molecule has 1 heterocycles. The van der Waals surface area contributed by atoms with E-state index in [1.54, 1.807) is 0 Å². The van der Waals surface area contributed by atoms with Crippen LogP contribution in [0.4, 0.5) is 0 Å². The molecule has 1 aromatic heterocycles. The predicted molar refractivity (Wildman–Crippen MR) is 61.1 cm³/mol. The van der Waals surface area contributed by atoms with Crippen molar-refractivity contribution in [3.05, 3.63) is 17.0 Å². The number of hydrogen-bond donors (Lipinski definition) is 0. The third-order valence-electron chi connectivity index (χ3n) is 3.63. The smallest absolute Gasteiger partial charge is 0.226 e. The van der Waals surface area contributed by atoms with Gasteiger partial charge in [-0.25, -0.2) is 0 Å². The summed E-state index contributed by atoms with van der Waals surface area (Å²) < 4.78 is 4.91. The molecule has 0 spiro atoms. The van der Waals surface area contributed by atoms with Gasteiger partial charge in [-0.2, -0.15) is 0 Å². The zero-order valence-corrected chi connectivity index (χ0v) is 10.1. The lowest BCUT2D eigenvalue weighted by atomic mass is 9.76. The Morgan fingerprint density at radius 1 is 1.33 bits per heavy atom. The highest BCUT2D eigenvalue weighted by molar-refractivity contribution is 6.28. The van der Waals surface area contributed by atoms with Crippen LogP contribution < -0.4 is 0 Å². The molecule has 2 nitrogen and oxygen atoms in total. The molecular weight excluding hydrogens is 210 g/mol. The van der Waals surface area contributed by atoms with E-state index < -0.39 is 0 Å². The van der Waals surface area contributed by atoms with Gasteiger partial charge in [0.15, 0.2) is 0 Å². The molecule has 1 aliphatic carbocycles. The van der Waals surface area contributed by atoms with E-state index in [2.05, 4.69) is 19.0 Å². The summed E-state index contributed by atoms with van der Waals surface area (Å²) in [5, 5.41) is 4.42. The first kappa shape index (κ1) is 11.0. The zero-order chi connectivity index (χ0) is 10.8. The van der Waals surface area contributed by atoms with E-state index in [9.17, 15) is 0 Å². The van der Waals surface area contributed by atoms with E-state index in [1.807, 2.05) is 6.07 Å². The van der Waals surface area contributed by atoms with Gasteiger partial charge in [-0.15, -0.1) is 0 Å². The number of rotatable bonds is 2. The van der Waals surface area contributed by atoms with Crippen LogP contribution in [0.3, 0.4) is 0 Å². The number of aromatic nitrogens is 1. The Morgan fingerprint density at radius 2 is 2.00 bits per heavy atom. The van der Waals surface area contributed by atoms with Crippen molar-refractivity contribution in [1.82, 2.24) is 5.16 Å². The van der Waals surface area contributed by atoms with Gasteiger partial charge in [0, 0.05) is 12.0 Å². The summed E-state index contributed by atoms with van der Waals surface area (Å²) in [7, 11) is 0. The largest absolute Gasteiger partial charge is 0.344 e. The first-order valence-electron chi connectivity index (χ1n) is 5.79. The Hall–Kier alpha value is -0.500. The van der Waals surface area contributed by atoms with Gasteiger partial charge in [0.2, 0.25) is 5.22 Å². The highest BCUT2D eigenvalue weighted by atomic mass is 35.5. The maximum Gasteiger partial charge on any atom is 0.226 e. The van der Waals surface area contributed by atoms with E-state index in [4.69, 9.17) is 16.1 Å². The van der Waals surface area contributed by atoms with Crippen LogP contribution in [0.1, 0.15) is 51.1 Å². The maximum absolute atomic E-state index is 5.73. The van der Waals surface area contributed by atoms with E-state index >= 15 is 0 Å². The average Bonchev–Trinajstić information content (AvgIpc) is 2.65. The summed E-state index contributed by atoms with van der Waals surface area (Å²) in [6.07, 6.45) is 5.08. The molecule has 0 aliphatic heterocycles. The molecule has 84 valence electrons. The maximum atomic E-state index is 5.73. The van der Waals surface area contributed by atoms with E-state index in [-0.39, 0.29) is 0 Å².